The number of aryl methyl sites for hydroxylation is 2. The zero-order chi connectivity index (χ0) is 20.8. The van der Waals surface area contributed by atoms with Crippen LogP contribution in [0.25, 0.3) is 0 Å². The van der Waals surface area contributed by atoms with Crippen LogP contribution in [0.5, 0.6) is 5.75 Å². The lowest BCUT2D eigenvalue weighted by molar-refractivity contribution is -0.120. The molecule has 0 aliphatic heterocycles. The summed E-state index contributed by atoms with van der Waals surface area (Å²) in [6, 6.07) is 13.4. The molecule has 1 N–H and O–H groups in total. The Hall–Kier alpha value is -2.82. The highest BCUT2D eigenvalue weighted by Crippen LogP contribution is 2.23. The van der Waals surface area contributed by atoms with E-state index in [4.69, 9.17) is 4.74 Å². The number of amides is 2. The lowest BCUT2D eigenvalue weighted by Crippen LogP contribution is -2.38. The molecule has 2 amide bonds. The second-order valence-electron chi connectivity index (χ2n) is 7.84. The fourth-order valence-corrected chi connectivity index (χ4v) is 3.70. The molecular weight excluding hydrogens is 364 g/mol. The van der Waals surface area contributed by atoms with Crippen LogP contribution < -0.4 is 15.0 Å². The van der Waals surface area contributed by atoms with Crippen molar-refractivity contribution in [3.8, 4) is 5.75 Å². The molecule has 3 rings (SSSR count). The standard InChI is InChI=1S/C24H30N2O3/c1-17-13-14-18(2)22(15-17)29-16-23(27)26(3)21-12-8-7-11-20(21)24(28)25-19-9-5-4-6-10-19/h7-8,11-15,19H,4-6,9-10,16H2,1-3H3,(H,25,28). The number of anilines is 1. The van der Waals surface area contributed by atoms with Gasteiger partial charge in [0.05, 0.1) is 11.3 Å². The Morgan fingerprint density at radius 3 is 2.55 bits per heavy atom. The molecular formula is C24H30N2O3. The molecule has 0 heterocycles. The van der Waals surface area contributed by atoms with Gasteiger partial charge in [-0.25, -0.2) is 0 Å². The van der Waals surface area contributed by atoms with Gasteiger partial charge in [0.1, 0.15) is 5.75 Å². The Bertz CT molecular complexity index is 872. The summed E-state index contributed by atoms with van der Waals surface area (Å²) in [7, 11) is 1.68. The van der Waals surface area contributed by atoms with Gasteiger partial charge < -0.3 is 15.0 Å². The van der Waals surface area contributed by atoms with E-state index in [0.717, 1.165) is 36.8 Å². The Morgan fingerprint density at radius 2 is 1.79 bits per heavy atom. The maximum atomic E-state index is 12.8. The molecule has 5 nitrogen and oxygen atoms in total. The molecule has 1 aliphatic rings. The SMILES string of the molecule is Cc1ccc(C)c(OCC(=O)N(C)c2ccccc2C(=O)NC2CCCCC2)c1. The van der Waals surface area contributed by atoms with E-state index in [-0.39, 0.29) is 24.5 Å². The second-order valence-corrected chi connectivity index (χ2v) is 7.84. The van der Waals surface area contributed by atoms with E-state index in [1.165, 1.54) is 11.3 Å². The monoisotopic (exact) mass is 394 g/mol. The summed E-state index contributed by atoms with van der Waals surface area (Å²) in [5.74, 6) is 0.376. The molecule has 5 heteroatoms. The van der Waals surface area contributed by atoms with E-state index in [2.05, 4.69) is 5.32 Å². The number of para-hydroxylation sites is 1. The Labute approximate surface area is 173 Å². The molecule has 2 aromatic rings. The molecule has 0 radical (unpaired) electrons. The molecule has 1 saturated carbocycles. The number of carbonyl (C=O) groups is 2. The first-order valence-electron chi connectivity index (χ1n) is 10.3. The molecule has 2 aromatic carbocycles. The molecule has 1 fully saturated rings. The molecule has 0 spiro atoms. The molecule has 0 saturated heterocycles. The van der Waals surface area contributed by atoms with E-state index in [0.29, 0.717) is 17.0 Å². The molecule has 0 atom stereocenters. The maximum absolute atomic E-state index is 12.8. The van der Waals surface area contributed by atoms with Crippen molar-refractivity contribution in [3.63, 3.8) is 0 Å². The predicted molar refractivity (Wildman–Crippen MR) is 116 cm³/mol. The van der Waals surface area contributed by atoms with Gasteiger partial charge in [-0.15, -0.1) is 0 Å². The van der Waals surface area contributed by atoms with Crippen LogP contribution in [0.15, 0.2) is 42.5 Å². The summed E-state index contributed by atoms with van der Waals surface area (Å²) in [5, 5.41) is 3.13. The fourth-order valence-electron chi connectivity index (χ4n) is 3.70. The average Bonchev–Trinajstić information content (AvgIpc) is 2.74. The van der Waals surface area contributed by atoms with Crippen molar-refractivity contribution < 1.29 is 14.3 Å². The highest BCUT2D eigenvalue weighted by Gasteiger charge is 2.22. The van der Waals surface area contributed by atoms with Crippen LogP contribution >= 0.6 is 0 Å². The first-order valence-corrected chi connectivity index (χ1v) is 10.3. The molecule has 154 valence electrons. The van der Waals surface area contributed by atoms with E-state index in [9.17, 15) is 9.59 Å². The van der Waals surface area contributed by atoms with E-state index >= 15 is 0 Å². The average molecular weight is 395 g/mol. The predicted octanol–water partition coefficient (Wildman–Crippen LogP) is 4.41. The number of benzene rings is 2. The maximum Gasteiger partial charge on any atom is 0.264 e. The van der Waals surface area contributed by atoms with Crippen molar-refractivity contribution in [3.05, 3.63) is 59.2 Å². The van der Waals surface area contributed by atoms with Gasteiger partial charge in [-0.1, -0.05) is 43.5 Å². The smallest absolute Gasteiger partial charge is 0.264 e. The van der Waals surface area contributed by atoms with Crippen LogP contribution in [-0.2, 0) is 4.79 Å². The Morgan fingerprint density at radius 1 is 1.07 bits per heavy atom. The number of hydrogen-bond donors (Lipinski definition) is 1. The Kier molecular flexibility index (Phi) is 6.91. The van der Waals surface area contributed by atoms with Crippen LogP contribution in [0, 0.1) is 13.8 Å². The van der Waals surface area contributed by atoms with Gasteiger partial charge in [0.25, 0.3) is 11.8 Å². The molecule has 0 unspecified atom stereocenters. The van der Waals surface area contributed by atoms with Crippen molar-refractivity contribution in [2.45, 2.75) is 52.0 Å². The van der Waals surface area contributed by atoms with Gasteiger partial charge >= 0.3 is 0 Å². The van der Waals surface area contributed by atoms with Gasteiger partial charge in [-0.2, -0.15) is 0 Å². The third kappa shape index (κ3) is 5.37. The van der Waals surface area contributed by atoms with Gasteiger partial charge in [0, 0.05) is 13.1 Å². The summed E-state index contributed by atoms with van der Waals surface area (Å²) in [4.78, 5) is 27.1. The van der Waals surface area contributed by atoms with Gasteiger partial charge in [0.15, 0.2) is 6.61 Å². The third-order valence-electron chi connectivity index (χ3n) is 5.52. The third-order valence-corrected chi connectivity index (χ3v) is 5.52. The van der Waals surface area contributed by atoms with Crippen molar-refractivity contribution in [2.75, 3.05) is 18.6 Å². The normalized spacial score (nSPS) is 14.3. The number of ether oxygens (including phenoxy) is 1. The Balaban J connectivity index is 1.68. The fraction of sp³-hybridized carbons (Fsp3) is 0.417. The van der Waals surface area contributed by atoms with Crippen LogP contribution in [0.1, 0.15) is 53.6 Å². The molecule has 0 bridgehead atoms. The van der Waals surface area contributed by atoms with Crippen molar-refractivity contribution in [2.24, 2.45) is 0 Å². The summed E-state index contributed by atoms with van der Waals surface area (Å²) < 4.78 is 5.75. The van der Waals surface area contributed by atoms with Crippen LogP contribution in [0.3, 0.4) is 0 Å². The number of likely N-dealkylation sites (N-methyl/N-ethyl adjacent to an activating group) is 1. The van der Waals surface area contributed by atoms with Crippen molar-refractivity contribution in [1.29, 1.82) is 0 Å². The zero-order valence-electron chi connectivity index (χ0n) is 17.5. The minimum Gasteiger partial charge on any atom is -0.483 e. The topological polar surface area (TPSA) is 58.6 Å². The summed E-state index contributed by atoms with van der Waals surface area (Å²) >= 11 is 0. The number of carbonyl (C=O) groups excluding carboxylic acids is 2. The molecule has 0 aromatic heterocycles. The second kappa shape index (κ2) is 9.59. The highest BCUT2D eigenvalue weighted by atomic mass is 16.5. The lowest BCUT2D eigenvalue weighted by Gasteiger charge is -2.25. The number of nitrogens with one attached hydrogen (secondary N) is 1. The number of rotatable bonds is 6. The molecule has 29 heavy (non-hydrogen) atoms. The summed E-state index contributed by atoms with van der Waals surface area (Å²) in [6.07, 6.45) is 5.58. The van der Waals surface area contributed by atoms with Crippen LogP contribution in [-0.4, -0.2) is 31.5 Å². The van der Waals surface area contributed by atoms with E-state index < -0.39 is 0 Å². The summed E-state index contributed by atoms with van der Waals surface area (Å²) in [6.45, 7) is 3.86. The highest BCUT2D eigenvalue weighted by molar-refractivity contribution is 6.05. The van der Waals surface area contributed by atoms with Gasteiger partial charge in [-0.3, -0.25) is 9.59 Å². The van der Waals surface area contributed by atoms with Crippen molar-refractivity contribution in [1.82, 2.24) is 5.32 Å². The van der Waals surface area contributed by atoms with Crippen LogP contribution in [0.4, 0.5) is 5.69 Å². The first kappa shape index (κ1) is 20.9. The largest absolute Gasteiger partial charge is 0.483 e. The van der Waals surface area contributed by atoms with Gasteiger partial charge in [-0.05, 0) is 56.0 Å². The minimum atomic E-state index is -0.205. The summed E-state index contributed by atoms with van der Waals surface area (Å²) in [5.41, 5.74) is 3.17. The number of nitrogens with zero attached hydrogens (tertiary/aromatic N) is 1. The van der Waals surface area contributed by atoms with Crippen LogP contribution in [0.2, 0.25) is 0 Å². The van der Waals surface area contributed by atoms with Gasteiger partial charge in [0.2, 0.25) is 0 Å². The number of hydrogen-bond acceptors (Lipinski definition) is 3. The quantitative estimate of drug-likeness (QED) is 0.790. The van der Waals surface area contributed by atoms with E-state index in [1.54, 1.807) is 19.2 Å². The molecule has 1 aliphatic carbocycles. The van der Waals surface area contributed by atoms with E-state index in [1.807, 2.05) is 44.2 Å². The minimum absolute atomic E-state index is 0.0840. The first-order chi connectivity index (χ1) is 14.0. The zero-order valence-corrected chi connectivity index (χ0v) is 17.5. The van der Waals surface area contributed by atoms with Crippen molar-refractivity contribution >= 4 is 17.5 Å². The lowest BCUT2D eigenvalue weighted by atomic mass is 9.95.